The van der Waals surface area contributed by atoms with Gasteiger partial charge in [0.05, 0.1) is 0 Å². The summed E-state index contributed by atoms with van der Waals surface area (Å²) in [4.78, 5) is 5.14. The van der Waals surface area contributed by atoms with Crippen molar-refractivity contribution < 1.29 is 0 Å². The van der Waals surface area contributed by atoms with Crippen molar-refractivity contribution in [3.63, 3.8) is 0 Å². The molecular formula is C17H29N3. The zero-order valence-corrected chi connectivity index (χ0v) is 13.2. The molecule has 1 N–H and O–H groups in total. The molecule has 0 aromatic heterocycles. The minimum absolute atomic E-state index is 0.709. The van der Waals surface area contributed by atoms with Gasteiger partial charge in [0.25, 0.3) is 0 Å². The van der Waals surface area contributed by atoms with Crippen molar-refractivity contribution >= 4 is 5.69 Å². The topological polar surface area (TPSA) is 18.5 Å². The summed E-state index contributed by atoms with van der Waals surface area (Å²) in [5.41, 5.74) is 2.60. The van der Waals surface area contributed by atoms with Gasteiger partial charge >= 0.3 is 0 Å². The third-order valence-corrected chi connectivity index (χ3v) is 4.35. The maximum absolute atomic E-state index is 3.58. The van der Waals surface area contributed by atoms with E-state index in [0.717, 1.165) is 13.1 Å². The van der Waals surface area contributed by atoms with E-state index in [2.05, 4.69) is 60.3 Å². The standard InChI is InChI=1S/C17H29N3/c1-4-16-14-19(3)11-7-12-20(16)13-10-18-17-9-6-5-8-15(17)2/h5-6,8-9,16,18H,4,7,10-14H2,1-3H3. The van der Waals surface area contributed by atoms with E-state index >= 15 is 0 Å². The zero-order valence-electron chi connectivity index (χ0n) is 13.2. The zero-order chi connectivity index (χ0) is 14.4. The van der Waals surface area contributed by atoms with Gasteiger partial charge in [0, 0.05) is 31.4 Å². The smallest absolute Gasteiger partial charge is 0.0370 e. The quantitative estimate of drug-likeness (QED) is 0.891. The van der Waals surface area contributed by atoms with Gasteiger partial charge in [0.1, 0.15) is 0 Å². The van der Waals surface area contributed by atoms with Gasteiger partial charge in [-0.05, 0) is 51.5 Å². The van der Waals surface area contributed by atoms with Gasteiger partial charge in [-0.3, -0.25) is 4.90 Å². The van der Waals surface area contributed by atoms with Crippen LogP contribution in [-0.4, -0.2) is 55.6 Å². The van der Waals surface area contributed by atoms with Gasteiger partial charge in [0.2, 0.25) is 0 Å². The molecule has 0 radical (unpaired) electrons. The molecule has 1 atom stereocenters. The van der Waals surface area contributed by atoms with Crippen molar-refractivity contribution in [3.8, 4) is 0 Å². The summed E-state index contributed by atoms with van der Waals surface area (Å²) < 4.78 is 0. The van der Waals surface area contributed by atoms with Gasteiger partial charge in [-0.2, -0.15) is 0 Å². The molecule has 0 aliphatic carbocycles. The van der Waals surface area contributed by atoms with Crippen molar-refractivity contribution in [2.45, 2.75) is 32.7 Å². The van der Waals surface area contributed by atoms with E-state index in [4.69, 9.17) is 0 Å². The number of rotatable bonds is 5. The second kappa shape index (κ2) is 7.65. The molecule has 1 saturated heterocycles. The third-order valence-electron chi connectivity index (χ3n) is 4.35. The average Bonchev–Trinajstić information content (AvgIpc) is 2.62. The van der Waals surface area contributed by atoms with E-state index in [1.165, 1.54) is 43.7 Å². The van der Waals surface area contributed by atoms with Crippen molar-refractivity contribution in [2.75, 3.05) is 45.1 Å². The monoisotopic (exact) mass is 275 g/mol. The molecular weight excluding hydrogens is 246 g/mol. The number of aryl methyl sites for hydroxylation is 1. The fourth-order valence-corrected chi connectivity index (χ4v) is 3.08. The molecule has 1 aliphatic heterocycles. The summed E-state index contributed by atoms with van der Waals surface area (Å²) in [6, 6.07) is 9.24. The summed E-state index contributed by atoms with van der Waals surface area (Å²) in [7, 11) is 2.25. The van der Waals surface area contributed by atoms with Crippen molar-refractivity contribution in [3.05, 3.63) is 29.8 Å². The van der Waals surface area contributed by atoms with Crippen LogP contribution in [0, 0.1) is 6.92 Å². The number of hydrogen-bond acceptors (Lipinski definition) is 3. The molecule has 1 aromatic carbocycles. The Morgan fingerprint density at radius 3 is 2.80 bits per heavy atom. The number of para-hydroxylation sites is 1. The van der Waals surface area contributed by atoms with Gasteiger partial charge in [-0.25, -0.2) is 0 Å². The maximum Gasteiger partial charge on any atom is 0.0370 e. The highest BCUT2D eigenvalue weighted by Crippen LogP contribution is 2.14. The minimum Gasteiger partial charge on any atom is -0.384 e. The summed E-state index contributed by atoms with van der Waals surface area (Å²) in [6.07, 6.45) is 2.53. The molecule has 3 heteroatoms. The van der Waals surface area contributed by atoms with Crippen LogP contribution >= 0.6 is 0 Å². The van der Waals surface area contributed by atoms with Gasteiger partial charge in [0.15, 0.2) is 0 Å². The SMILES string of the molecule is CCC1CN(C)CCCN1CCNc1ccccc1C. The van der Waals surface area contributed by atoms with Crippen molar-refractivity contribution in [1.29, 1.82) is 0 Å². The minimum atomic E-state index is 0.709. The number of anilines is 1. The Morgan fingerprint density at radius 1 is 1.25 bits per heavy atom. The van der Waals surface area contributed by atoms with Gasteiger partial charge in [-0.15, -0.1) is 0 Å². The van der Waals surface area contributed by atoms with E-state index < -0.39 is 0 Å². The Kier molecular flexibility index (Phi) is 5.86. The fourth-order valence-electron chi connectivity index (χ4n) is 3.08. The van der Waals surface area contributed by atoms with Crippen LogP contribution in [0.4, 0.5) is 5.69 Å². The van der Waals surface area contributed by atoms with Crippen molar-refractivity contribution in [1.82, 2.24) is 9.80 Å². The van der Waals surface area contributed by atoms with E-state index in [9.17, 15) is 0 Å². The Hall–Kier alpha value is -1.06. The van der Waals surface area contributed by atoms with Crippen LogP contribution in [0.1, 0.15) is 25.3 Å². The lowest BCUT2D eigenvalue weighted by atomic mass is 10.2. The maximum atomic E-state index is 3.58. The number of hydrogen-bond donors (Lipinski definition) is 1. The predicted molar refractivity (Wildman–Crippen MR) is 87.4 cm³/mol. The van der Waals surface area contributed by atoms with Gasteiger partial charge in [-0.1, -0.05) is 25.1 Å². The molecule has 1 aromatic rings. The molecule has 0 amide bonds. The molecule has 0 saturated carbocycles. The van der Waals surface area contributed by atoms with Crippen LogP contribution < -0.4 is 5.32 Å². The Labute approximate surface area is 124 Å². The van der Waals surface area contributed by atoms with Crippen LogP contribution in [0.5, 0.6) is 0 Å². The second-order valence-electron chi connectivity index (χ2n) is 5.96. The second-order valence-corrected chi connectivity index (χ2v) is 5.96. The van der Waals surface area contributed by atoms with Crippen LogP contribution in [0.25, 0.3) is 0 Å². The normalized spacial score (nSPS) is 21.6. The fraction of sp³-hybridized carbons (Fsp3) is 0.647. The Bertz CT molecular complexity index is 405. The molecule has 112 valence electrons. The molecule has 20 heavy (non-hydrogen) atoms. The molecule has 2 rings (SSSR count). The number of nitrogens with one attached hydrogen (secondary N) is 1. The largest absolute Gasteiger partial charge is 0.384 e. The first-order valence-electron chi connectivity index (χ1n) is 7.92. The van der Waals surface area contributed by atoms with E-state index in [1.807, 2.05) is 0 Å². The third kappa shape index (κ3) is 4.22. The molecule has 1 fully saturated rings. The number of likely N-dealkylation sites (N-methyl/N-ethyl adjacent to an activating group) is 1. The molecule has 3 nitrogen and oxygen atoms in total. The van der Waals surface area contributed by atoms with E-state index in [-0.39, 0.29) is 0 Å². The lowest BCUT2D eigenvalue weighted by Gasteiger charge is -2.30. The molecule has 0 spiro atoms. The highest BCUT2D eigenvalue weighted by atomic mass is 15.2. The number of benzene rings is 1. The highest BCUT2D eigenvalue weighted by Gasteiger charge is 2.21. The van der Waals surface area contributed by atoms with E-state index in [0.29, 0.717) is 6.04 Å². The summed E-state index contributed by atoms with van der Waals surface area (Å²) >= 11 is 0. The van der Waals surface area contributed by atoms with Crippen molar-refractivity contribution in [2.24, 2.45) is 0 Å². The lowest BCUT2D eigenvalue weighted by molar-refractivity contribution is 0.190. The van der Waals surface area contributed by atoms with E-state index in [1.54, 1.807) is 0 Å². The molecule has 1 unspecified atom stereocenters. The molecule has 1 heterocycles. The first-order valence-corrected chi connectivity index (χ1v) is 7.92. The average molecular weight is 275 g/mol. The number of nitrogens with zero attached hydrogens (tertiary/aromatic N) is 2. The first-order chi connectivity index (χ1) is 9.70. The summed E-state index contributed by atoms with van der Waals surface area (Å²) in [6.45, 7) is 10.3. The lowest BCUT2D eigenvalue weighted by Crippen LogP contribution is -2.42. The first kappa shape index (κ1) is 15.3. The van der Waals surface area contributed by atoms with Crippen LogP contribution in [0.3, 0.4) is 0 Å². The van der Waals surface area contributed by atoms with Crippen LogP contribution in [0.15, 0.2) is 24.3 Å². The highest BCUT2D eigenvalue weighted by molar-refractivity contribution is 5.50. The van der Waals surface area contributed by atoms with Crippen LogP contribution in [-0.2, 0) is 0 Å². The summed E-state index contributed by atoms with van der Waals surface area (Å²) in [5.74, 6) is 0. The summed E-state index contributed by atoms with van der Waals surface area (Å²) in [5, 5.41) is 3.58. The molecule has 0 bridgehead atoms. The van der Waals surface area contributed by atoms with Gasteiger partial charge < -0.3 is 10.2 Å². The predicted octanol–water partition coefficient (Wildman–Crippen LogP) is 2.82. The van der Waals surface area contributed by atoms with Crippen LogP contribution in [0.2, 0.25) is 0 Å². The Morgan fingerprint density at radius 2 is 2.05 bits per heavy atom. The molecule has 1 aliphatic rings. The Balaban J connectivity index is 1.84.